The van der Waals surface area contributed by atoms with Crippen molar-refractivity contribution in [1.29, 1.82) is 0 Å². The molecule has 3 rings (SSSR count). The summed E-state index contributed by atoms with van der Waals surface area (Å²) in [6, 6.07) is 8.91. The third-order valence-corrected chi connectivity index (χ3v) is 3.22. The fourth-order valence-corrected chi connectivity index (χ4v) is 2.13. The smallest absolute Gasteiger partial charge is 0.323 e. The molecule has 0 aliphatic carbocycles. The third kappa shape index (κ3) is 3.70. The molecule has 0 bridgehead atoms. The van der Waals surface area contributed by atoms with Gasteiger partial charge in [-0.05, 0) is 12.1 Å². The van der Waals surface area contributed by atoms with Crippen LogP contribution in [0, 0.1) is 0 Å². The van der Waals surface area contributed by atoms with Crippen LogP contribution in [-0.2, 0) is 4.74 Å². The van der Waals surface area contributed by atoms with E-state index >= 15 is 0 Å². The molecule has 0 radical (unpaired) electrons. The van der Waals surface area contributed by atoms with Crippen LogP contribution in [0.5, 0.6) is 0 Å². The zero-order chi connectivity index (χ0) is 15.2. The molecule has 0 unspecified atom stereocenters. The number of hydrogen-bond donors (Lipinski definition) is 2. The molecule has 22 heavy (non-hydrogen) atoms. The minimum atomic E-state index is -0.325. The van der Waals surface area contributed by atoms with E-state index in [0.717, 1.165) is 18.8 Å². The van der Waals surface area contributed by atoms with E-state index in [1.165, 1.54) is 0 Å². The summed E-state index contributed by atoms with van der Waals surface area (Å²) in [5, 5.41) is 5.44. The fraction of sp³-hybridized carbons (Fsp3) is 0.267. The Balaban J connectivity index is 1.57. The standard InChI is InChI=1S/C15H17N5O2/c21-15(18-12-4-2-1-3-5-12)19-13-10-16-14(17-11-13)20-6-8-22-9-7-20/h1-5,10-11H,6-9H2,(H2,18,19,21). The number of benzene rings is 1. The number of aromatic nitrogens is 2. The number of hydrogen-bond acceptors (Lipinski definition) is 5. The SMILES string of the molecule is O=C(Nc1ccccc1)Nc1cnc(N2CCOCC2)nc1. The van der Waals surface area contributed by atoms with Crippen LogP contribution in [0.4, 0.5) is 22.1 Å². The molecule has 114 valence electrons. The number of amides is 2. The lowest BCUT2D eigenvalue weighted by Gasteiger charge is -2.26. The summed E-state index contributed by atoms with van der Waals surface area (Å²) in [6.07, 6.45) is 3.20. The van der Waals surface area contributed by atoms with Gasteiger partial charge in [-0.25, -0.2) is 14.8 Å². The Bertz CT molecular complexity index is 612. The molecular weight excluding hydrogens is 282 g/mol. The molecule has 0 atom stereocenters. The first-order valence-corrected chi connectivity index (χ1v) is 7.09. The fourth-order valence-electron chi connectivity index (χ4n) is 2.13. The average Bonchev–Trinajstić information content (AvgIpc) is 2.57. The van der Waals surface area contributed by atoms with Gasteiger partial charge in [-0.3, -0.25) is 0 Å². The van der Waals surface area contributed by atoms with Gasteiger partial charge in [0.05, 0.1) is 31.3 Å². The summed E-state index contributed by atoms with van der Waals surface area (Å²) in [5.41, 5.74) is 1.27. The van der Waals surface area contributed by atoms with Gasteiger partial charge in [0.15, 0.2) is 0 Å². The Morgan fingerprint density at radius 1 is 1.00 bits per heavy atom. The first kappa shape index (κ1) is 14.3. The number of para-hydroxylation sites is 1. The molecule has 2 amide bonds. The van der Waals surface area contributed by atoms with Crippen molar-refractivity contribution in [1.82, 2.24) is 9.97 Å². The second kappa shape index (κ2) is 6.86. The Morgan fingerprint density at radius 3 is 2.32 bits per heavy atom. The van der Waals surface area contributed by atoms with Gasteiger partial charge in [0, 0.05) is 18.8 Å². The van der Waals surface area contributed by atoms with Crippen LogP contribution in [0.3, 0.4) is 0 Å². The Kier molecular flexibility index (Phi) is 4.45. The van der Waals surface area contributed by atoms with E-state index < -0.39 is 0 Å². The first-order valence-electron chi connectivity index (χ1n) is 7.09. The van der Waals surface area contributed by atoms with Crippen molar-refractivity contribution in [2.24, 2.45) is 0 Å². The normalized spacial score (nSPS) is 14.5. The summed E-state index contributed by atoms with van der Waals surface area (Å²) >= 11 is 0. The minimum Gasteiger partial charge on any atom is -0.378 e. The quantitative estimate of drug-likeness (QED) is 0.905. The lowest BCUT2D eigenvalue weighted by molar-refractivity contribution is 0.122. The van der Waals surface area contributed by atoms with E-state index in [2.05, 4.69) is 25.5 Å². The van der Waals surface area contributed by atoms with Crippen LogP contribution in [0.1, 0.15) is 0 Å². The van der Waals surface area contributed by atoms with E-state index in [1.807, 2.05) is 30.3 Å². The molecule has 0 saturated carbocycles. The van der Waals surface area contributed by atoms with E-state index in [9.17, 15) is 4.79 Å². The van der Waals surface area contributed by atoms with Gasteiger partial charge < -0.3 is 20.3 Å². The lowest BCUT2D eigenvalue weighted by atomic mass is 10.3. The zero-order valence-electron chi connectivity index (χ0n) is 12.0. The highest BCUT2D eigenvalue weighted by Gasteiger charge is 2.13. The van der Waals surface area contributed by atoms with Gasteiger partial charge in [0.25, 0.3) is 0 Å². The van der Waals surface area contributed by atoms with Gasteiger partial charge in [-0.1, -0.05) is 18.2 Å². The van der Waals surface area contributed by atoms with Crippen molar-refractivity contribution < 1.29 is 9.53 Å². The van der Waals surface area contributed by atoms with E-state index in [1.54, 1.807) is 12.4 Å². The summed E-state index contributed by atoms with van der Waals surface area (Å²) in [6.45, 7) is 2.92. The van der Waals surface area contributed by atoms with Crippen molar-refractivity contribution in [3.8, 4) is 0 Å². The van der Waals surface area contributed by atoms with Gasteiger partial charge in [-0.15, -0.1) is 0 Å². The summed E-state index contributed by atoms with van der Waals surface area (Å²) < 4.78 is 5.29. The largest absolute Gasteiger partial charge is 0.378 e. The molecule has 1 aliphatic rings. The maximum atomic E-state index is 11.9. The summed E-state index contributed by atoms with van der Waals surface area (Å²) in [5.74, 6) is 0.650. The molecule has 2 heterocycles. The van der Waals surface area contributed by atoms with Crippen molar-refractivity contribution >= 4 is 23.4 Å². The van der Waals surface area contributed by atoms with Crippen LogP contribution >= 0.6 is 0 Å². The maximum Gasteiger partial charge on any atom is 0.323 e. The van der Waals surface area contributed by atoms with Gasteiger partial charge >= 0.3 is 6.03 Å². The lowest BCUT2D eigenvalue weighted by Crippen LogP contribution is -2.37. The Labute approximate surface area is 128 Å². The topological polar surface area (TPSA) is 79.4 Å². The highest BCUT2D eigenvalue weighted by molar-refractivity contribution is 5.99. The Morgan fingerprint density at radius 2 is 1.64 bits per heavy atom. The third-order valence-electron chi connectivity index (χ3n) is 3.22. The van der Waals surface area contributed by atoms with Crippen LogP contribution < -0.4 is 15.5 Å². The zero-order valence-corrected chi connectivity index (χ0v) is 12.0. The van der Waals surface area contributed by atoms with Crippen molar-refractivity contribution in [2.75, 3.05) is 41.8 Å². The molecule has 0 spiro atoms. The molecule has 2 N–H and O–H groups in total. The minimum absolute atomic E-state index is 0.325. The van der Waals surface area contributed by atoms with Crippen molar-refractivity contribution in [2.45, 2.75) is 0 Å². The number of nitrogens with zero attached hydrogens (tertiary/aromatic N) is 3. The second-order valence-electron chi connectivity index (χ2n) is 4.82. The highest BCUT2D eigenvalue weighted by atomic mass is 16.5. The van der Waals surface area contributed by atoms with Crippen LogP contribution in [0.15, 0.2) is 42.7 Å². The number of rotatable bonds is 3. The maximum absolute atomic E-state index is 11.9. The highest BCUT2D eigenvalue weighted by Crippen LogP contribution is 2.12. The predicted octanol–water partition coefficient (Wildman–Crippen LogP) is 1.96. The van der Waals surface area contributed by atoms with Crippen LogP contribution in [-0.4, -0.2) is 42.3 Å². The molecule has 1 aliphatic heterocycles. The van der Waals surface area contributed by atoms with Crippen molar-refractivity contribution in [3.05, 3.63) is 42.7 Å². The predicted molar refractivity (Wildman–Crippen MR) is 84.1 cm³/mol. The molecule has 1 aromatic carbocycles. The molecule has 7 heteroatoms. The van der Waals surface area contributed by atoms with Crippen LogP contribution in [0.25, 0.3) is 0 Å². The van der Waals surface area contributed by atoms with E-state index in [-0.39, 0.29) is 6.03 Å². The van der Waals surface area contributed by atoms with Gasteiger partial charge in [0.2, 0.25) is 5.95 Å². The molecule has 1 aromatic heterocycles. The summed E-state index contributed by atoms with van der Waals surface area (Å²) in [4.78, 5) is 22.5. The number of morpholine rings is 1. The molecule has 1 fully saturated rings. The number of urea groups is 1. The second-order valence-corrected chi connectivity index (χ2v) is 4.82. The van der Waals surface area contributed by atoms with Crippen LogP contribution in [0.2, 0.25) is 0 Å². The number of carbonyl (C=O) groups is 1. The molecule has 7 nitrogen and oxygen atoms in total. The van der Waals surface area contributed by atoms with E-state index in [0.29, 0.717) is 24.8 Å². The van der Waals surface area contributed by atoms with Gasteiger partial charge in [-0.2, -0.15) is 0 Å². The number of ether oxygens (including phenoxy) is 1. The van der Waals surface area contributed by atoms with E-state index in [4.69, 9.17) is 4.74 Å². The number of nitrogens with one attached hydrogen (secondary N) is 2. The molecule has 1 saturated heterocycles. The Hall–Kier alpha value is -2.67. The van der Waals surface area contributed by atoms with Gasteiger partial charge in [0.1, 0.15) is 0 Å². The number of anilines is 3. The molecule has 2 aromatic rings. The molecular formula is C15H17N5O2. The monoisotopic (exact) mass is 299 g/mol. The number of carbonyl (C=O) groups excluding carboxylic acids is 1. The first-order chi connectivity index (χ1) is 10.8. The van der Waals surface area contributed by atoms with Crippen molar-refractivity contribution in [3.63, 3.8) is 0 Å². The summed E-state index contributed by atoms with van der Waals surface area (Å²) in [7, 11) is 0. The average molecular weight is 299 g/mol.